The van der Waals surface area contributed by atoms with Gasteiger partial charge in [-0.1, -0.05) is 70.6 Å². The van der Waals surface area contributed by atoms with E-state index < -0.39 is 8.07 Å². The number of halogens is 1. The van der Waals surface area contributed by atoms with E-state index in [4.69, 9.17) is 16.3 Å². The molecule has 0 bridgehead atoms. The lowest BCUT2D eigenvalue weighted by atomic mass is 9.86. The molecular weight excluding hydrogens is 382 g/mol. The first-order valence-corrected chi connectivity index (χ1v) is 13.4. The number of benzene rings is 1. The van der Waals surface area contributed by atoms with Crippen LogP contribution in [0.15, 0.2) is 47.3 Å². The van der Waals surface area contributed by atoms with Crippen LogP contribution >= 0.6 is 11.6 Å². The highest BCUT2D eigenvalue weighted by Crippen LogP contribution is 2.41. The molecule has 2 nitrogen and oxygen atoms in total. The van der Waals surface area contributed by atoms with Gasteiger partial charge in [0.2, 0.25) is 0 Å². The Balaban J connectivity index is 2.80. The standard InChI is InChI=1S/C24H36ClNOSi/c1-11-12-27-22-19(24(4,5)6)14-18(25)15-21(22)28(9,10)23-17(3)16(2)13-20(23)26(7)8/h11,13-15,17H,1,12H2,2-10H3. The highest BCUT2D eigenvalue weighted by molar-refractivity contribution is 6.96. The molecule has 0 amide bonds. The van der Waals surface area contributed by atoms with Gasteiger partial charge in [-0.05, 0) is 46.8 Å². The van der Waals surface area contributed by atoms with E-state index in [1.54, 1.807) is 5.20 Å². The number of nitrogens with zero attached hydrogens (tertiary/aromatic N) is 1. The van der Waals surface area contributed by atoms with Crippen LogP contribution in [0.1, 0.15) is 40.2 Å². The molecule has 1 aromatic carbocycles. The van der Waals surface area contributed by atoms with Crippen molar-refractivity contribution in [3.05, 3.63) is 57.9 Å². The summed E-state index contributed by atoms with van der Waals surface area (Å²) in [6.07, 6.45) is 4.15. The zero-order chi connectivity index (χ0) is 21.4. The molecule has 0 saturated heterocycles. The second-order valence-electron chi connectivity index (χ2n) is 9.61. The Hall–Kier alpha value is -1.45. The normalized spacial score (nSPS) is 17.6. The monoisotopic (exact) mass is 417 g/mol. The van der Waals surface area contributed by atoms with E-state index in [1.807, 2.05) is 6.08 Å². The number of allylic oxidation sites excluding steroid dienone is 3. The fraction of sp³-hybridized carbons (Fsp3) is 0.500. The molecule has 1 atom stereocenters. The predicted octanol–water partition coefficient (Wildman–Crippen LogP) is 6.07. The van der Waals surface area contributed by atoms with Gasteiger partial charge in [0.05, 0.1) is 0 Å². The maximum atomic E-state index is 6.65. The molecule has 0 aromatic heterocycles. The molecule has 28 heavy (non-hydrogen) atoms. The molecule has 2 rings (SSSR count). The Morgan fingerprint density at radius 2 is 1.86 bits per heavy atom. The van der Waals surface area contributed by atoms with Crippen LogP contribution in [0, 0.1) is 5.92 Å². The minimum atomic E-state index is -2.07. The van der Waals surface area contributed by atoms with Crippen LogP contribution in [0.2, 0.25) is 18.1 Å². The van der Waals surface area contributed by atoms with Gasteiger partial charge in [-0.25, -0.2) is 0 Å². The second kappa shape index (κ2) is 8.12. The fourth-order valence-corrected chi connectivity index (χ4v) is 8.29. The summed E-state index contributed by atoms with van der Waals surface area (Å²) in [4.78, 5) is 2.25. The third-order valence-electron chi connectivity index (χ3n) is 5.79. The third-order valence-corrected chi connectivity index (χ3v) is 9.76. The van der Waals surface area contributed by atoms with Crippen molar-refractivity contribution >= 4 is 24.9 Å². The lowest BCUT2D eigenvalue weighted by molar-refractivity contribution is 0.354. The molecule has 1 aromatic rings. The van der Waals surface area contributed by atoms with E-state index >= 15 is 0 Å². The summed E-state index contributed by atoms with van der Waals surface area (Å²) in [6.45, 7) is 20.4. The summed E-state index contributed by atoms with van der Waals surface area (Å²) < 4.78 is 6.31. The van der Waals surface area contributed by atoms with Gasteiger partial charge in [0.1, 0.15) is 20.4 Å². The molecular formula is C24H36ClNOSi. The maximum Gasteiger partial charge on any atom is 0.123 e. The maximum absolute atomic E-state index is 6.65. The highest BCUT2D eigenvalue weighted by Gasteiger charge is 2.41. The SMILES string of the molecule is C=CCOc1c(C(C)(C)C)cc(Cl)cc1[Si](C)(C)C1=C(N(C)C)C=C(C)C1C. The average molecular weight is 418 g/mol. The van der Waals surface area contributed by atoms with E-state index in [9.17, 15) is 0 Å². The lowest BCUT2D eigenvalue weighted by Crippen LogP contribution is -2.48. The van der Waals surface area contributed by atoms with E-state index in [-0.39, 0.29) is 5.41 Å². The minimum absolute atomic E-state index is 0.0607. The number of hydrogen-bond donors (Lipinski definition) is 0. The summed E-state index contributed by atoms with van der Waals surface area (Å²) >= 11 is 6.65. The van der Waals surface area contributed by atoms with Crippen molar-refractivity contribution in [2.45, 2.75) is 53.1 Å². The topological polar surface area (TPSA) is 12.5 Å². The van der Waals surface area contributed by atoms with Crippen LogP contribution in [-0.4, -0.2) is 33.7 Å². The first kappa shape index (κ1) is 22.8. The molecule has 0 aliphatic heterocycles. The van der Waals surface area contributed by atoms with Gasteiger partial charge >= 0.3 is 0 Å². The van der Waals surface area contributed by atoms with Gasteiger partial charge < -0.3 is 9.64 Å². The molecule has 0 saturated carbocycles. The largest absolute Gasteiger partial charge is 0.489 e. The van der Waals surface area contributed by atoms with Crippen molar-refractivity contribution in [1.82, 2.24) is 4.90 Å². The molecule has 154 valence electrons. The first-order chi connectivity index (χ1) is 12.8. The molecule has 0 radical (unpaired) electrons. The molecule has 0 spiro atoms. The molecule has 4 heteroatoms. The van der Waals surface area contributed by atoms with E-state index in [2.05, 4.69) is 91.5 Å². The lowest BCUT2D eigenvalue weighted by Gasteiger charge is -2.35. The van der Waals surface area contributed by atoms with Crippen molar-refractivity contribution in [3.8, 4) is 5.75 Å². The van der Waals surface area contributed by atoms with Crippen molar-refractivity contribution in [2.75, 3.05) is 20.7 Å². The number of rotatable bonds is 6. The van der Waals surface area contributed by atoms with Gasteiger partial charge in [0, 0.05) is 30.4 Å². The Morgan fingerprint density at radius 1 is 1.25 bits per heavy atom. The molecule has 0 fully saturated rings. The van der Waals surface area contributed by atoms with Gasteiger partial charge in [-0.15, -0.1) is 0 Å². The highest BCUT2D eigenvalue weighted by atomic mass is 35.5. The van der Waals surface area contributed by atoms with Crippen LogP contribution < -0.4 is 9.92 Å². The average Bonchev–Trinajstić information content (AvgIpc) is 2.88. The third kappa shape index (κ3) is 4.26. The number of likely N-dealkylation sites (N-methyl/N-ethyl adjacent to an activating group) is 1. The summed E-state index contributed by atoms with van der Waals surface area (Å²) in [7, 11) is 2.20. The van der Waals surface area contributed by atoms with Gasteiger partial charge in [0.25, 0.3) is 0 Å². The van der Waals surface area contributed by atoms with Crippen molar-refractivity contribution in [2.24, 2.45) is 5.92 Å². The van der Waals surface area contributed by atoms with Crippen LogP contribution in [0.25, 0.3) is 0 Å². The van der Waals surface area contributed by atoms with E-state index in [1.165, 1.54) is 22.0 Å². The van der Waals surface area contributed by atoms with Crippen molar-refractivity contribution in [1.29, 1.82) is 0 Å². The molecule has 0 N–H and O–H groups in total. The van der Waals surface area contributed by atoms with E-state index in [0.29, 0.717) is 12.5 Å². The Labute approximate surface area is 177 Å². The molecule has 1 aliphatic carbocycles. The van der Waals surface area contributed by atoms with Crippen molar-refractivity contribution < 1.29 is 4.74 Å². The summed E-state index contributed by atoms with van der Waals surface area (Å²) in [5.41, 5.74) is 3.87. The fourth-order valence-electron chi connectivity index (χ4n) is 4.16. The summed E-state index contributed by atoms with van der Waals surface area (Å²) in [6, 6.07) is 4.21. The van der Waals surface area contributed by atoms with E-state index in [0.717, 1.165) is 10.8 Å². The smallest absolute Gasteiger partial charge is 0.123 e. The quantitative estimate of drug-likeness (QED) is 0.411. The van der Waals surface area contributed by atoms with Crippen molar-refractivity contribution in [3.63, 3.8) is 0 Å². The zero-order valence-electron chi connectivity index (χ0n) is 19.0. The first-order valence-electron chi connectivity index (χ1n) is 10.0. The second-order valence-corrected chi connectivity index (χ2v) is 14.4. The zero-order valence-corrected chi connectivity index (χ0v) is 20.8. The summed E-state index contributed by atoms with van der Waals surface area (Å²) in [5.74, 6) is 1.43. The number of hydrogen-bond acceptors (Lipinski definition) is 2. The number of ether oxygens (including phenoxy) is 1. The van der Waals surface area contributed by atoms with Crippen LogP contribution in [0.5, 0.6) is 5.75 Å². The van der Waals surface area contributed by atoms with Gasteiger partial charge in [0.15, 0.2) is 0 Å². The van der Waals surface area contributed by atoms with Crippen LogP contribution in [0.3, 0.4) is 0 Å². The van der Waals surface area contributed by atoms with Gasteiger partial charge in [-0.2, -0.15) is 0 Å². The molecule has 0 heterocycles. The minimum Gasteiger partial charge on any atom is -0.489 e. The van der Waals surface area contributed by atoms with Crippen LogP contribution in [0.4, 0.5) is 0 Å². The Bertz CT molecular complexity index is 828. The Kier molecular flexibility index (Phi) is 6.62. The Morgan fingerprint density at radius 3 is 2.36 bits per heavy atom. The predicted molar refractivity (Wildman–Crippen MR) is 127 cm³/mol. The molecule has 1 unspecified atom stereocenters. The summed E-state index contributed by atoms with van der Waals surface area (Å²) in [5, 5.41) is 3.60. The molecule has 1 aliphatic rings. The van der Waals surface area contributed by atoms with Crippen LogP contribution in [-0.2, 0) is 5.41 Å². The van der Waals surface area contributed by atoms with Gasteiger partial charge in [-0.3, -0.25) is 0 Å².